The molecule has 110 valence electrons. The fourth-order valence-corrected chi connectivity index (χ4v) is 1.80. The summed E-state index contributed by atoms with van der Waals surface area (Å²) in [7, 11) is 1.26. The quantitative estimate of drug-likeness (QED) is 0.861. The predicted molar refractivity (Wildman–Crippen MR) is 72.5 cm³/mol. The molecule has 2 rings (SSSR count). The van der Waals surface area contributed by atoms with Crippen molar-refractivity contribution in [3.8, 4) is 0 Å². The largest absolute Gasteiger partial charge is 0.465 e. The van der Waals surface area contributed by atoms with Gasteiger partial charge in [0, 0.05) is 5.69 Å². The van der Waals surface area contributed by atoms with E-state index < -0.39 is 17.7 Å². The van der Waals surface area contributed by atoms with Gasteiger partial charge in [-0.3, -0.25) is 0 Å². The Labute approximate surface area is 119 Å². The number of halogens is 3. The van der Waals surface area contributed by atoms with Crippen molar-refractivity contribution < 1.29 is 22.7 Å². The van der Waals surface area contributed by atoms with Gasteiger partial charge in [0.2, 0.25) is 0 Å². The number of carbonyl (C=O) groups excluding carboxylic acids is 1. The third kappa shape index (κ3) is 3.53. The Morgan fingerprint density at radius 3 is 2.24 bits per heavy atom. The molecule has 1 N–H and O–H groups in total. The van der Waals surface area contributed by atoms with Gasteiger partial charge in [0.15, 0.2) is 0 Å². The second-order valence-electron chi connectivity index (χ2n) is 4.24. The van der Waals surface area contributed by atoms with Crippen molar-refractivity contribution in [2.75, 3.05) is 12.4 Å². The lowest BCUT2D eigenvalue weighted by Crippen LogP contribution is -2.08. The average Bonchev–Trinajstić information content (AvgIpc) is 2.47. The molecular formula is C15H12F3NO2. The maximum atomic E-state index is 12.9. The third-order valence-corrected chi connectivity index (χ3v) is 2.82. The summed E-state index contributed by atoms with van der Waals surface area (Å²) < 4.78 is 43.1. The van der Waals surface area contributed by atoms with E-state index in [1.54, 1.807) is 0 Å². The maximum absolute atomic E-state index is 12.9. The van der Waals surface area contributed by atoms with E-state index in [9.17, 15) is 18.0 Å². The summed E-state index contributed by atoms with van der Waals surface area (Å²) in [5.74, 6) is -0.503. The molecule has 0 aliphatic heterocycles. The highest BCUT2D eigenvalue weighted by molar-refractivity contribution is 5.89. The van der Waals surface area contributed by atoms with E-state index >= 15 is 0 Å². The van der Waals surface area contributed by atoms with Gasteiger partial charge in [0.25, 0.3) is 0 Å². The maximum Gasteiger partial charge on any atom is 0.418 e. The van der Waals surface area contributed by atoms with Crippen LogP contribution in [0.25, 0.3) is 0 Å². The van der Waals surface area contributed by atoms with Crippen LogP contribution in [0.1, 0.15) is 15.9 Å². The van der Waals surface area contributed by atoms with Crippen molar-refractivity contribution in [2.45, 2.75) is 6.18 Å². The topological polar surface area (TPSA) is 38.3 Å². The number of hydrogen-bond acceptors (Lipinski definition) is 3. The molecule has 0 saturated heterocycles. The number of methoxy groups -OCH3 is 1. The normalized spacial score (nSPS) is 11.0. The first-order valence-corrected chi connectivity index (χ1v) is 6.03. The van der Waals surface area contributed by atoms with E-state index in [2.05, 4.69) is 10.1 Å². The Kier molecular flexibility index (Phi) is 4.16. The predicted octanol–water partition coefficient (Wildman–Crippen LogP) is 4.24. The van der Waals surface area contributed by atoms with Gasteiger partial charge >= 0.3 is 12.1 Å². The average molecular weight is 295 g/mol. The van der Waals surface area contributed by atoms with Gasteiger partial charge in [-0.1, -0.05) is 12.1 Å². The van der Waals surface area contributed by atoms with Gasteiger partial charge in [-0.05, 0) is 36.4 Å². The second-order valence-corrected chi connectivity index (χ2v) is 4.24. The van der Waals surface area contributed by atoms with Gasteiger partial charge in [0.05, 0.1) is 23.9 Å². The number of hydrogen-bond donors (Lipinski definition) is 1. The summed E-state index contributed by atoms with van der Waals surface area (Å²) in [4.78, 5) is 11.3. The van der Waals surface area contributed by atoms with Gasteiger partial charge in [0.1, 0.15) is 0 Å². The van der Waals surface area contributed by atoms with Gasteiger partial charge in [-0.15, -0.1) is 0 Å². The fourth-order valence-electron chi connectivity index (χ4n) is 1.80. The van der Waals surface area contributed by atoms with Crippen molar-refractivity contribution in [1.29, 1.82) is 0 Å². The Balaban J connectivity index is 2.25. The number of carbonyl (C=O) groups is 1. The molecule has 0 atom stereocenters. The molecule has 0 aliphatic rings. The molecule has 3 nitrogen and oxygen atoms in total. The van der Waals surface area contributed by atoms with Gasteiger partial charge in [-0.25, -0.2) is 4.79 Å². The molecule has 2 aromatic carbocycles. The first kappa shape index (κ1) is 14.9. The van der Waals surface area contributed by atoms with E-state index in [4.69, 9.17) is 0 Å². The van der Waals surface area contributed by atoms with Crippen LogP contribution in [0.3, 0.4) is 0 Å². The highest BCUT2D eigenvalue weighted by atomic mass is 19.4. The molecule has 0 heterocycles. The van der Waals surface area contributed by atoms with Crippen molar-refractivity contribution in [3.05, 3.63) is 59.7 Å². The van der Waals surface area contributed by atoms with Crippen molar-refractivity contribution in [3.63, 3.8) is 0 Å². The molecule has 0 saturated carbocycles. The summed E-state index contributed by atoms with van der Waals surface area (Å²) in [6.07, 6.45) is -4.43. The van der Waals surface area contributed by atoms with Crippen LogP contribution >= 0.6 is 0 Å². The van der Waals surface area contributed by atoms with Crippen LogP contribution in [-0.2, 0) is 10.9 Å². The number of alkyl halides is 3. The zero-order valence-corrected chi connectivity index (χ0v) is 11.1. The minimum Gasteiger partial charge on any atom is -0.465 e. The minimum atomic E-state index is -4.43. The molecule has 0 aliphatic carbocycles. The summed E-state index contributed by atoms with van der Waals surface area (Å²) in [5.41, 5.74) is -0.0237. The van der Waals surface area contributed by atoms with Crippen molar-refractivity contribution in [2.24, 2.45) is 0 Å². The van der Waals surface area contributed by atoms with Crippen LogP contribution in [-0.4, -0.2) is 13.1 Å². The summed E-state index contributed by atoms with van der Waals surface area (Å²) in [5, 5.41) is 2.69. The Bertz CT molecular complexity index is 636. The lowest BCUT2D eigenvalue weighted by molar-refractivity contribution is -0.136. The third-order valence-electron chi connectivity index (χ3n) is 2.82. The Morgan fingerprint density at radius 1 is 1.05 bits per heavy atom. The smallest absolute Gasteiger partial charge is 0.418 e. The first-order chi connectivity index (χ1) is 9.91. The van der Waals surface area contributed by atoms with Crippen LogP contribution in [0.4, 0.5) is 24.5 Å². The number of benzene rings is 2. The molecule has 6 heteroatoms. The van der Waals surface area contributed by atoms with Gasteiger partial charge in [-0.2, -0.15) is 13.2 Å². The van der Waals surface area contributed by atoms with Gasteiger partial charge < -0.3 is 10.1 Å². The number of anilines is 2. The highest BCUT2D eigenvalue weighted by Crippen LogP contribution is 2.35. The molecular weight excluding hydrogens is 283 g/mol. The van der Waals surface area contributed by atoms with Crippen LogP contribution in [0.2, 0.25) is 0 Å². The fraction of sp³-hybridized carbons (Fsp3) is 0.133. The molecule has 0 bridgehead atoms. The van der Waals surface area contributed by atoms with Crippen LogP contribution in [0.5, 0.6) is 0 Å². The Hall–Kier alpha value is -2.50. The number of para-hydroxylation sites is 1. The monoisotopic (exact) mass is 295 g/mol. The standard InChI is InChI=1S/C15H12F3NO2/c1-21-14(20)10-6-8-11(9-7-10)19-13-5-3-2-4-12(13)15(16,17)18/h2-9,19H,1H3. The zero-order chi connectivity index (χ0) is 15.5. The van der Waals surface area contributed by atoms with Crippen LogP contribution in [0.15, 0.2) is 48.5 Å². The lowest BCUT2D eigenvalue weighted by Gasteiger charge is -2.14. The van der Waals surface area contributed by atoms with Crippen LogP contribution < -0.4 is 5.32 Å². The zero-order valence-electron chi connectivity index (χ0n) is 11.1. The minimum absolute atomic E-state index is 0.0455. The molecule has 0 radical (unpaired) electrons. The van der Waals surface area contributed by atoms with Crippen LogP contribution in [0, 0.1) is 0 Å². The molecule has 21 heavy (non-hydrogen) atoms. The molecule has 2 aromatic rings. The van der Waals surface area contributed by atoms with E-state index in [-0.39, 0.29) is 5.69 Å². The van der Waals surface area contributed by atoms with Crippen molar-refractivity contribution in [1.82, 2.24) is 0 Å². The van der Waals surface area contributed by atoms with E-state index in [1.165, 1.54) is 49.6 Å². The molecule has 0 amide bonds. The number of nitrogens with one attached hydrogen (secondary N) is 1. The highest BCUT2D eigenvalue weighted by Gasteiger charge is 2.33. The first-order valence-electron chi connectivity index (χ1n) is 6.03. The number of rotatable bonds is 3. The lowest BCUT2D eigenvalue weighted by atomic mass is 10.1. The Morgan fingerprint density at radius 2 is 1.67 bits per heavy atom. The second kappa shape index (κ2) is 5.87. The molecule has 0 fully saturated rings. The number of esters is 1. The van der Waals surface area contributed by atoms with E-state index in [0.29, 0.717) is 11.3 Å². The molecule has 0 spiro atoms. The number of ether oxygens (including phenoxy) is 1. The summed E-state index contributed by atoms with van der Waals surface area (Å²) in [6, 6.07) is 11.2. The van der Waals surface area contributed by atoms with E-state index in [1.807, 2.05) is 0 Å². The van der Waals surface area contributed by atoms with E-state index in [0.717, 1.165) is 6.07 Å². The molecule has 0 aromatic heterocycles. The SMILES string of the molecule is COC(=O)c1ccc(Nc2ccccc2C(F)(F)F)cc1. The summed E-state index contributed by atoms with van der Waals surface area (Å²) >= 11 is 0. The summed E-state index contributed by atoms with van der Waals surface area (Å²) in [6.45, 7) is 0. The van der Waals surface area contributed by atoms with Crippen molar-refractivity contribution >= 4 is 17.3 Å². The molecule has 0 unspecified atom stereocenters.